The number of rotatable bonds is 5. The van der Waals surface area contributed by atoms with E-state index in [-0.39, 0.29) is 0 Å². The normalized spacial score (nSPS) is 15.0. The summed E-state index contributed by atoms with van der Waals surface area (Å²) in [5, 5.41) is 0. The maximum absolute atomic E-state index is 5.71. The number of nitrogens with zero attached hydrogens (tertiary/aromatic N) is 2. The molecule has 0 aliphatic carbocycles. The van der Waals surface area contributed by atoms with Gasteiger partial charge < -0.3 is 14.4 Å². The number of hydrogen-bond acceptors (Lipinski definition) is 4. The van der Waals surface area contributed by atoms with Crippen LogP contribution in [0.4, 0.5) is 0 Å². The van der Waals surface area contributed by atoms with E-state index in [4.69, 9.17) is 21.7 Å². The molecule has 0 radical (unpaired) electrons. The minimum Gasteiger partial charge on any atom is -0.493 e. The lowest BCUT2D eigenvalue weighted by Gasteiger charge is -2.36. The first kappa shape index (κ1) is 17.7. The van der Waals surface area contributed by atoms with Crippen LogP contribution < -0.4 is 9.47 Å². The van der Waals surface area contributed by atoms with Gasteiger partial charge in [-0.3, -0.25) is 4.90 Å². The van der Waals surface area contributed by atoms with Gasteiger partial charge in [0.15, 0.2) is 11.5 Å². The zero-order valence-corrected chi connectivity index (χ0v) is 15.6. The van der Waals surface area contributed by atoms with Gasteiger partial charge >= 0.3 is 0 Å². The Hall–Kier alpha value is -2.11. The Morgan fingerprint density at radius 2 is 1.60 bits per heavy atom. The van der Waals surface area contributed by atoms with Gasteiger partial charge in [0.05, 0.1) is 14.2 Å². The van der Waals surface area contributed by atoms with E-state index >= 15 is 0 Å². The highest BCUT2D eigenvalue weighted by molar-refractivity contribution is 7.80. The van der Waals surface area contributed by atoms with E-state index in [2.05, 4.69) is 40.1 Å². The number of piperazine rings is 1. The van der Waals surface area contributed by atoms with Crippen LogP contribution in [0.3, 0.4) is 0 Å². The summed E-state index contributed by atoms with van der Waals surface area (Å²) < 4.78 is 10.7. The van der Waals surface area contributed by atoms with E-state index in [1.807, 2.05) is 18.2 Å². The molecule has 1 aliphatic rings. The van der Waals surface area contributed by atoms with Crippen molar-refractivity contribution >= 4 is 17.2 Å². The SMILES string of the molecule is COc1ccc(C(=S)N2CCN(Cc3ccccc3)CC2)cc1OC. The topological polar surface area (TPSA) is 24.9 Å². The van der Waals surface area contributed by atoms with Crippen molar-refractivity contribution in [2.45, 2.75) is 6.54 Å². The molecule has 0 saturated carbocycles. The highest BCUT2D eigenvalue weighted by Gasteiger charge is 2.20. The summed E-state index contributed by atoms with van der Waals surface area (Å²) in [6.45, 7) is 4.92. The monoisotopic (exact) mass is 356 g/mol. The van der Waals surface area contributed by atoms with Gasteiger partial charge in [0, 0.05) is 38.3 Å². The second-order valence-corrected chi connectivity index (χ2v) is 6.51. The first-order chi connectivity index (χ1) is 12.2. The molecule has 0 amide bonds. The van der Waals surface area contributed by atoms with Crippen LogP contribution >= 0.6 is 12.2 Å². The summed E-state index contributed by atoms with van der Waals surface area (Å²) >= 11 is 5.71. The van der Waals surface area contributed by atoms with E-state index in [1.165, 1.54) is 5.56 Å². The van der Waals surface area contributed by atoms with Crippen LogP contribution in [-0.2, 0) is 6.54 Å². The van der Waals surface area contributed by atoms with Crippen molar-refractivity contribution in [3.63, 3.8) is 0 Å². The van der Waals surface area contributed by atoms with Crippen LogP contribution in [0.2, 0.25) is 0 Å². The predicted octanol–water partition coefficient (Wildman–Crippen LogP) is 3.20. The molecular weight excluding hydrogens is 332 g/mol. The van der Waals surface area contributed by atoms with Gasteiger partial charge in [-0.25, -0.2) is 0 Å². The molecular formula is C20H24N2O2S. The van der Waals surface area contributed by atoms with Crippen molar-refractivity contribution in [1.82, 2.24) is 9.80 Å². The molecule has 0 N–H and O–H groups in total. The second kappa shape index (κ2) is 8.32. The van der Waals surface area contributed by atoms with Crippen LogP contribution in [0, 0.1) is 0 Å². The number of thiocarbonyl (C=S) groups is 1. The molecule has 0 aromatic heterocycles. The molecule has 25 heavy (non-hydrogen) atoms. The minimum atomic E-state index is 0.713. The van der Waals surface area contributed by atoms with E-state index < -0.39 is 0 Å². The molecule has 2 aromatic carbocycles. The molecule has 0 atom stereocenters. The van der Waals surface area contributed by atoms with Crippen LogP contribution in [-0.4, -0.2) is 55.2 Å². The van der Waals surface area contributed by atoms with Crippen LogP contribution in [0.5, 0.6) is 11.5 Å². The van der Waals surface area contributed by atoms with Crippen molar-refractivity contribution in [2.24, 2.45) is 0 Å². The van der Waals surface area contributed by atoms with Crippen LogP contribution in [0.1, 0.15) is 11.1 Å². The van der Waals surface area contributed by atoms with Crippen molar-refractivity contribution in [3.8, 4) is 11.5 Å². The predicted molar refractivity (Wildman–Crippen MR) is 105 cm³/mol. The van der Waals surface area contributed by atoms with Gasteiger partial charge in [-0.05, 0) is 23.8 Å². The first-order valence-electron chi connectivity index (χ1n) is 8.49. The average molecular weight is 356 g/mol. The Morgan fingerprint density at radius 1 is 0.920 bits per heavy atom. The molecule has 0 bridgehead atoms. The van der Waals surface area contributed by atoms with Gasteiger partial charge in [0.1, 0.15) is 4.99 Å². The van der Waals surface area contributed by atoms with Crippen LogP contribution in [0.25, 0.3) is 0 Å². The number of hydrogen-bond donors (Lipinski definition) is 0. The molecule has 0 unspecified atom stereocenters. The van der Waals surface area contributed by atoms with Crippen molar-refractivity contribution in [3.05, 3.63) is 59.7 Å². The standard InChI is InChI=1S/C20H24N2O2S/c1-23-18-9-8-17(14-19(18)24-2)20(25)22-12-10-21(11-13-22)15-16-6-4-3-5-7-16/h3-9,14H,10-13,15H2,1-2H3. The number of methoxy groups -OCH3 is 2. The molecule has 1 saturated heterocycles. The van der Waals surface area contributed by atoms with Gasteiger partial charge in [-0.1, -0.05) is 42.5 Å². The smallest absolute Gasteiger partial charge is 0.161 e. The summed E-state index contributed by atoms with van der Waals surface area (Å²) in [5.74, 6) is 1.44. The van der Waals surface area contributed by atoms with Crippen molar-refractivity contribution < 1.29 is 9.47 Å². The van der Waals surface area contributed by atoms with E-state index in [1.54, 1.807) is 14.2 Å². The van der Waals surface area contributed by atoms with Crippen molar-refractivity contribution in [1.29, 1.82) is 0 Å². The molecule has 3 rings (SSSR count). The quantitative estimate of drug-likeness (QED) is 0.766. The third-order valence-electron chi connectivity index (χ3n) is 4.54. The lowest BCUT2D eigenvalue weighted by atomic mass is 10.1. The average Bonchev–Trinajstić information content (AvgIpc) is 2.68. The van der Waals surface area contributed by atoms with Gasteiger partial charge in [-0.15, -0.1) is 0 Å². The first-order valence-corrected chi connectivity index (χ1v) is 8.89. The fourth-order valence-corrected chi connectivity index (χ4v) is 3.41. The lowest BCUT2D eigenvalue weighted by Crippen LogP contribution is -2.48. The maximum Gasteiger partial charge on any atom is 0.161 e. The lowest BCUT2D eigenvalue weighted by molar-refractivity contribution is 0.177. The number of ether oxygens (including phenoxy) is 2. The largest absolute Gasteiger partial charge is 0.493 e. The Kier molecular flexibility index (Phi) is 5.89. The highest BCUT2D eigenvalue weighted by Crippen LogP contribution is 2.28. The fraction of sp³-hybridized carbons (Fsp3) is 0.350. The highest BCUT2D eigenvalue weighted by atomic mass is 32.1. The molecule has 1 fully saturated rings. The zero-order chi connectivity index (χ0) is 17.6. The van der Waals surface area contributed by atoms with Crippen LogP contribution in [0.15, 0.2) is 48.5 Å². The molecule has 2 aromatic rings. The van der Waals surface area contributed by atoms with Gasteiger partial charge in [0.25, 0.3) is 0 Å². The molecule has 4 nitrogen and oxygen atoms in total. The van der Waals surface area contributed by atoms with E-state index in [0.717, 1.165) is 49.0 Å². The Morgan fingerprint density at radius 3 is 2.24 bits per heavy atom. The Labute approximate surface area is 155 Å². The Bertz CT molecular complexity index is 713. The van der Waals surface area contributed by atoms with E-state index in [0.29, 0.717) is 5.75 Å². The zero-order valence-electron chi connectivity index (χ0n) is 14.8. The molecule has 5 heteroatoms. The summed E-state index contributed by atoms with van der Waals surface area (Å²) in [5.41, 5.74) is 2.36. The summed E-state index contributed by atoms with van der Waals surface area (Å²) in [6.07, 6.45) is 0. The molecule has 0 spiro atoms. The van der Waals surface area contributed by atoms with E-state index in [9.17, 15) is 0 Å². The number of benzene rings is 2. The fourth-order valence-electron chi connectivity index (χ4n) is 3.10. The molecule has 1 aliphatic heterocycles. The maximum atomic E-state index is 5.71. The third kappa shape index (κ3) is 4.30. The molecule has 1 heterocycles. The third-order valence-corrected chi connectivity index (χ3v) is 5.03. The van der Waals surface area contributed by atoms with Crippen molar-refractivity contribution in [2.75, 3.05) is 40.4 Å². The van der Waals surface area contributed by atoms with Gasteiger partial charge in [-0.2, -0.15) is 0 Å². The summed E-state index contributed by atoms with van der Waals surface area (Å²) in [6, 6.07) is 16.5. The molecule has 132 valence electrons. The summed E-state index contributed by atoms with van der Waals surface area (Å²) in [7, 11) is 3.29. The summed E-state index contributed by atoms with van der Waals surface area (Å²) in [4.78, 5) is 5.63. The second-order valence-electron chi connectivity index (χ2n) is 6.12. The minimum absolute atomic E-state index is 0.713. The van der Waals surface area contributed by atoms with Gasteiger partial charge in [0.2, 0.25) is 0 Å². The Balaban J connectivity index is 1.60.